The minimum Gasteiger partial charge on any atom is -0.459 e. The zero-order valence-corrected chi connectivity index (χ0v) is 10.3. The van der Waals surface area contributed by atoms with Crippen LogP contribution in [-0.2, 0) is 20.9 Å². The molecule has 0 bridgehead atoms. The Hall–Kier alpha value is -1.84. The number of likely N-dealkylation sites (tertiary alicyclic amines) is 1. The van der Waals surface area contributed by atoms with E-state index in [2.05, 4.69) is 0 Å². The molecule has 2 rings (SSSR count). The molecule has 0 atom stereocenters. The van der Waals surface area contributed by atoms with E-state index in [-0.39, 0.29) is 25.0 Å². The molecule has 0 aromatic heterocycles. The molecular formula is C14H17NO3. The monoisotopic (exact) mass is 247 g/mol. The van der Waals surface area contributed by atoms with Crippen LogP contribution in [0.15, 0.2) is 30.3 Å². The maximum atomic E-state index is 11.6. The molecular weight excluding hydrogens is 230 g/mol. The van der Waals surface area contributed by atoms with Gasteiger partial charge < -0.3 is 9.64 Å². The molecule has 4 nitrogen and oxygen atoms in total. The summed E-state index contributed by atoms with van der Waals surface area (Å²) in [6.45, 7) is 1.01. The number of ether oxygens (including phenoxy) is 1. The number of benzene rings is 1. The van der Waals surface area contributed by atoms with Gasteiger partial charge in [0.1, 0.15) is 13.2 Å². The average molecular weight is 247 g/mol. The Morgan fingerprint density at radius 1 is 1.22 bits per heavy atom. The maximum Gasteiger partial charge on any atom is 0.325 e. The Morgan fingerprint density at radius 2 is 2.00 bits per heavy atom. The number of nitrogens with zero attached hydrogens (tertiary/aromatic N) is 1. The zero-order chi connectivity index (χ0) is 12.8. The Kier molecular flexibility index (Phi) is 4.34. The summed E-state index contributed by atoms with van der Waals surface area (Å²) in [5.74, 6) is -0.285. The second kappa shape index (κ2) is 6.19. The second-order valence-corrected chi connectivity index (χ2v) is 4.42. The Balaban J connectivity index is 1.76. The van der Waals surface area contributed by atoms with E-state index < -0.39 is 0 Å². The molecule has 1 saturated heterocycles. The first-order valence-corrected chi connectivity index (χ1v) is 6.23. The van der Waals surface area contributed by atoms with E-state index >= 15 is 0 Å². The molecule has 0 aliphatic carbocycles. The SMILES string of the molecule is O=C(CN1CCCCC1=O)OCc1ccccc1. The van der Waals surface area contributed by atoms with Crippen molar-refractivity contribution in [3.8, 4) is 0 Å². The van der Waals surface area contributed by atoms with E-state index in [1.807, 2.05) is 30.3 Å². The molecule has 0 unspecified atom stereocenters. The van der Waals surface area contributed by atoms with Crippen molar-refractivity contribution >= 4 is 11.9 Å². The molecule has 1 aliphatic heterocycles. The van der Waals surface area contributed by atoms with E-state index in [0.29, 0.717) is 13.0 Å². The van der Waals surface area contributed by atoms with Gasteiger partial charge in [-0.05, 0) is 18.4 Å². The summed E-state index contributed by atoms with van der Waals surface area (Å²) in [6, 6.07) is 9.52. The highest BCUT2D eigenvalue weighted by Gasteiger charge is 2.20. The summed E-state index contributed by atoms with van der Waals surface area (Å²) in [5.41, 5.74) is 0.954. The first-order valence-electron chi connectivity index (χ1n) is 6.23. The molecule has 1 heterocycles. The lowest BCUT2D eigenvalue weighted by molar-refractivity contribution is -0.151. The van der Waals surface area contributed by atoms with Gasteiger partial charge in [-0.25, -0.2) is 0 Å². The third-order valence-electron chi connectivity index (χ3n) is 2.98. The topological polar surface area (TPSA) is 46.6 Å². The van der Waals surface area contributed by atoms with Crippen LogP contribution in [-0.4, -0.2) is 29.9 Å². The third kappa shape index (κ3) is 3.58. The smallest absolute Gasteiger partial charge is 0.325 e. The van der Waals surface area contributed by atoms with Crippen LogP contribution >= 0.6 is 0 Å². The maximum absolute atomic E-state index is 11.6. The molecule has 1 aliphatic rings. The lowest BCUT2D eigenvalue weighted by Gasteiger charge is -2.25. The molecule has 1 amide bonds. The van der Waals surface area contributed by atoms with Gasteiger partial charge in [0, 0.05) is 13.0 Å². The molecule has 0 N–H and O–H groups in total. The summed E-state index contributed by atoms with van der Waals surface area (Å²) in [5, 5.41) is 0. The molecule has 18 heavy (non-hydrogen) atoms. The highest BCUT2D eigenvalue weighted by molar-refractivity contribution is 5.82. The fourth-order valence-corrected chi connectivity index (χ4v) is 1.97. The van der Waals surface area contributed by atoms with Crippen molar-refractivity contribution in [1.29, 1.82) is 0 Å². The van der Waals surface area contributed by atoms with E-state index in [0.717, 1.165) is 18.4 Å². The van der Waals surface area contributed by atoms with Crippen molar-refractivity contribution in [2.75, 3.05) is 13.1 Å². The summed E-state index contributed by atoms with van der Waals surface area (Å²) in [4.78, 5) is 24.7. The van der Waals surface area contributed by atoms with Gasteiger partial charge in [-0.3, -0.25) is 9.59 Å². The fourth-order valence-electron chi connectivity index (χ4n) is 1.97. The van der Waals surface area contributed by atoms with Crippen LogP contribution in [0.25, 0.3) is 0 Å². The molecule has 0 spiro atoms. The van der Waals surface area contributed by atoms with E-state index in [4.69, 9.17) is 4.74 Å². The van der Waals surface area contributed by atoms with Crippen molar-refractivity contribution in [1.82, 2.24) is 4.90 Å². The van der Waals surface area contributed by atoms with Gasteiger partial charge in [0.15, 0.2) is 0 Å². The predicted molar refractivity (Wildman–Crippen MR) is 66.7 cm³/mol. The van der Waals surface area contributed by atoms with Crippen molar-refractivity contribution in [2.45, 2.75) is 25.9 Å². The quantitative estimate of drug-likeness (QED) is 0.761. The van der Waals surface area contributed by atoms with Gasteiger partial charge in [-0.1, -0.05) is 30.3 Å². The number of carbonyl (C=O) groups is 2. The van der Waals surface area contributed by atoms with Gasteiger partial charge in [0.25, 0.3) is 0 Å². The highest BCUT2D eigenvalue weighted by Crippen LogP contribution is 2.10. The van der Waals surface area contributed by atoms with Crippen LogP contribution < -0.4 is 0 Å². The van der Waals surface area contributed by atoms with Gasteiger partial charge in [0.05, 0.1) is 0 Å². The average Bonchev–Trinajstić information content (AvgIpc) is 2.40. The van der Waals surface area contributed by atoms with Gasteiger partial charge in [-0.15, -0.1) is 0 Å². The zero-order valence-electron chi connectivity index (χ0n) is 10.3. The van der Waals surface area contributed by atoms with Crippen molar-refractivity contribution in [3.05, 3.63) is 35.9 Å². The fraction of sp³-hybridized carbons (Fsp3) is 0.429. The number of hydrogen-bond acceptors (Lipinski definition) is 3. The second-order valence-electron chi connectivity index (χ2n) is 4.42. The standard InChI is InChI=1S/C14H17NO3/c16-13-8-4-5-9-15(13)10-14(17)18-11-12-6-2-1-3-7-12/h1-3,6-7H,4-5,8-11H2. The van der Waals surface area contributed by atoms with Crippen LogP contribution in [0, 0.1) is 0 Å². The summed E-state index contributed by atoms with van der Waals surface area (Å²) < 4.78 is 5.15. The van der Waals surface area contributed by atoms with Crippen LogP contribution in [0.1, 0.15) is 24.8 Å². The minimum atomic E-state index is -0.339. The number of esters is 1. The highest BCUT2D eigenvalue weighted by atomic mass is 16.5. The van der Waals surface area contributed by atoms with Gasteiger partial charge in [0.2, 0.25) is 5.91 Å². The number of amides is 1. The molecule has 1 aromatic carbocycles. The molecule has 4 heteroatoms. The lowest BCUT2D eigenvalue weighted by Crippen LogP contribution is -2.39. The third-order valence-corrected chi connectivity index (χ3v) is 2.98. The molecule has 0 saturated carbocycles. The van der Waals surface area contributed by atoms with Crippen LogP contribution in [0.5, 0.6) is 0 Å². The number of rotatable bonds is 4. The van der Waals surface area contributed by atoms with Gasteiger partial charge in [-0.2, -0.15) is 0 Å². The van der Waals surface area contributed by atoms with Crippen molar-refractivity contribution < 1.29 is 14.3 Å². The summed E-state index contributed by atoms with van der Waals surface area (Å²) in [6.07, 6.45) is 2.44. The predicted octanol–water partition coefficient (Wildman–Crippen LogP) is 1.74. The van der Waals surface area contributed by atoms with E-state index in [1.165, 1.54) is 0 Å². The molecule has 0 radical (unpaired) electrons. The Labute approximate surface area is 107 Å². The number of carbonyl (C=O) groups excluding carboxylic acids is 2. The number of piperidine rings is 1. The molecule has 96 valence electrons. The largest absolute Gasteiger partial charge is 0.459 e. The van der Waals surface area contributed by atoms with Crippen molar-refractivity contribution in [3.63, 3.8) is 0 Å². The van der Waals surface area contributed by atoms with E-state index in [1.54, 1.807) is 4.90 Å². The lowest BCUT2D eigenvalue weighted by atomic mass is 10.1. The van der Waals surface area contributed by atoms with Crippen molar-refractivity contribution in [2.24, 2.45) is 0 Å². The van der Waals surface area contributed by atoms with Crippen LogP contribution in [0.4, 0.5) is 0 Å². The van der Waals surface area contributed by atoms with Crippen LogP contribution in [0.3, 0.4) is 0 Å². The summed E-state index contributed by atoms with van der Waals surface area (Å²) in [7, 11) is 0. The first kappa shape index (κ1) is 12.6. The molecule has 1 aromatic rings. The van der Waals surface area contributed by atoms with Crippen LogP contribution in [0.2, 0.25) is 0 Å². The Morgan fingerprint density at radius 3 is 2.72 bits per heavy atom. The molecule has 1 fully saturated rings. The number of hydrogen-bond donors (Lipinski definition) is 0. The van der Waals surface area contributed by atoms with E-state index in [9.17, 15) is 9.59 Å². The normalized spacial score (nSPS) is 15.6. The first-order chi connectivity index (χ1) is 8.75. The minimum absolute atomic E-state index is 0.0536. The Bertz CT molecular complexity index is 416. The summed E-state index contributed by atoms with van der Waals surface area (Å²) >= 11 is 0. The van der Waals surface area contributed by atoms with Gasteiger partial charge >= 0.3 is 5.97 Å².